The van der Waals surface area contributed by atoms with Crippen molar-refractivity contribution in [2.24, 2.45) is 5.10 Å². The van der Waals surface area contributed by atoms with Crippen LogP contribution in [0.2, 0.25) is 0 Å². The average molecular weight is 279 g/mol. The molecule has 6 nitrogen and oxygen atoms in total. The van der Waals surface area contributed by atoms with Crippen molar-refractivity contribution < 1.29 is 0 Å². The first-order valence-electron chi connectivity index (χ1n) is 6.35. The van der Waals surface area contributed by atoms with Gasteiger partial charge < -0.3 is 4.57 Å². The van der Waals surface area contributed by atoms with Crippen LogP contribution in [-0.4, -0.2) is 10.3 Å². The topological polar surface area (TPSA) is 94.0 Å². The van der Waals surface area contributed by atoms with Crippen LogP contribution in [0.5, 0.6) is 0 Å². The molecule has 0 aliphatic carbocycles. The molecule has 2 rings (SSSR count). The number of fused-ring (bicyclic) bond motifs is 1. The minimum absolute atomic E-state index is 0.0697. The fourth-order valence-corrected chi connectivity index (χ4v) is 1.93. The molecular weight excluding hydrogens is 266 g/mol. The number of hydrogen-bond acceptors (Lipinski definition) is 5. The predicted octanol–water partition coefficient (Wildman–Crippen LogP) is 2.40. The molecule has 1 N–H and O–H groups in total. The van der Waals surface area contributed by atoms with Gasteiger partial charge in [0.15, 0.2) is 0 Å². The number of anilines is 1. The smallest absolute Gasteiger partial charge is 0.258 e. The van der Waals surface area contributed by atoms with Crippen molar-refractivity contribution in [1.29, 1.82) is 10.5 Å². The summed E-state index contributed by atoms with van der Waals surface area (Å²) in [4.78, 5) is 12.4. The number of benzene rings is 1. The molecule has 1 aromatic carbocycles. The van der Waals surface area contributed by atoms with Crippen molar-refractivity contribution in [3.63, 3.8) is 0 Å². The lowest BCUT2D eigenvalue weighted by atomic mass is 10.1. The molecule has 2 aromatic rings. The number of nitriles is 2. The van der Waals surface area contributed by atoms with Crippen molar-refractivity contribution in [2.45, 2.75) is 19.9 Å². The fraction of sp³-hybridized carbons (Fsp3) is 0.200. The highest BCUT2D eigenvalue weighted by Crippen LogP contribution is 2.17. The number of hydrogen-bond donors (Lipinski definition) is 1. The Morgan fingerprint density at radius 2 is 2.00 bits per heavy atom. The van der Waals surface area contributed by atoms with Crippen molar-refractivity contribution >= 4 is 22.2 Å². The lowest BCUT2D eigenvalue weighted by molar-refractivity contribution is 0.583. The summed E-state index contributed by atoms with van der Waals surface area (Å²) >= 11 is 0. The highest BCUT2D eigenvalue weighted by molar-refractivity contribution is 6.10. The molecule has 0 saturated carbocycles. The van der Waals surface area contributed by atoms with E-state index in [1.54, 1.807) is 41.1 Å². The summed E-state index contributed by atoms with van der Waals surface area (Å²) in [5, 5.41) is 22.3. The van der Waals surface area contributed by atoms with Crippen LogP contribution < -0.4 is 11.0 Å². The van der Waals surface area contributed by atoms with E-state index in [-0.39, 0.29) is 17.3 Å². The standard InChI is InChI=1S/C15H13N5O/c1-10(2)20-6-5-11-3-4-12(7-14(11)15(20)21)18-19-13(8-16)9-17/h3-7,10,18H,1-2H3. The van der Waals surface area contributed by atoms with E-state index in [0.29, 0.717) is 11.1 Å². The molecule has 0 atom stereocenters. The zero-order valence-electron chi connectivity index (χ0n) is 11.7. The van der Waals surface area contributed by atoms with Gasteiger partial charge in [0.05, 0.1) is 5.69 Å². The van der Waals surface area contributed by atoms with Crippen molar-refractivity contribution in [1.82, 2.24) is 4.57 Å². The maximum Gasteiger partial charge on any atom is 0.258 e. The highest BCUT2D eigenvalue weighted by atomic mass is 16.1. The van der Waals surface area contributed by atoms with Gasteiger partial charge in [-0.3, -0.25) is 10.2 Å². The maximum absolute atomic E-state index is 12.4. The lowest BCUT2D eigenvalue weighted by Crippen LogP contribution is -2.21. The number of pyridine rings is 1. The van der Waals surface area contributed by atoms with Crippen LogP contribution in [-0.2, 0) is 0 Å². The first-order chi connectivity index (χ1) is 10.1. The van der Waals surface area contributed by atoms with Gasteiger partial charge in [-0.15, -0.1) is 0 Å². The zero-order valence-corrected chi connectivity index (χ0v) is 11.7. The number of nitrogens with zero attached hydrogens (tertiary/aromatic N) is 4. The summed E-state index contributed by atoms with van der Waals surface area (Å²) in [6.07, 6.45) is 1.77. The minimum Gasteiger partial charge on any atom is -0.312 e. The Hall–Kier alpha value is -3.12. The maximum atomic E-state index is 12.4. The average Bonchev–Trinajstić information content (AvgIpc) is 2.48. The summed E-state index contributed by atoms with van der Waals surface area (Å²) in [5.74, 6) is 0. The van der Waals surface area contributed by atoms with E-state index in [9.17, 15) is 4.79 Å². The normalized spacial score (nSPS) is 9.95. The Morgan fingerprint density at radius 3 is 2.62 bits per heavy atom. The lowest BCUT2D eigenvalue weighted by Gasteiger charge is -2.11. The SMILES string of the molecule is CC(C)n1ccc2ccc(NN=C(C#N)C#N)cc2c1=O. The van der Waals surface area contributed by atoms with Crippen molar-refractivity contribution in [3.05, 3.63) is 40.8 Å². The summed E-state index contributed by atoms with van der Waals surface area (Å²) in [7, 11) is 0. The molecule has 0 bridgehead atoms. The second-order valence-electron chi connectivity index (χ2n) is 4.72. The molecule has 0 aliphatic rings. The van der Waals surface area contributed by atoms with Gasteiger partial charge in [-0.2, -0.15) is 15.6 Å². The molecule has 6 heteroatoms. The Bertz CT molecular complexity index is 833. The molecule has 1 aromatic heterocycles. The molecule has 0 radical (unpaired) electrons. The van der Waals surface area contributed by atoms with Crippen molar-refractivity contribution in [3.8, 4) is 12.1 Å². The third-order valence-electron chi connectivity index (χ3n) is 3.00. The van der Waals surface area contributed by atoms with E-state index >= 15 is 0 Å². The van der Waals surface area contributed by atoms with Crippen LogP contribution in [0.3, 0.4) is 0 Å². The van der Waals surface area contributed by atoms with E-state index in [0.717, 1.165) is 5.39 Å². The third-order valence-corrected chi connectivity index (χ3v) is 3.00. The Balaban J connectivity index is 2.49. The molecule has 0 unspecified atom stereocenters. The molecule has 1 heterocycles. The van der Waals surface area contributed by atoms with E-state index in [1.165, 1.54) is 0 Å². The summed E-state index contributed by atoms with van der Waals surface area (Å²) < 4.78 is 1.64. The zero-order chi connectivity index (χ0) is 15.4. The number of hydrazone groups is 1. The van der Waals surface area contributed by atoms with E-state index in [2.05, 4.69) is 10.5 Å². The first kappa shape index (κ1) is 14.3. The van der Waals surface area contributed by atoms with Gasteiger partial charge in [-0.1, -0.05) is 6.07 Å². The van der Waals surface area contributed by atoms with Crippen LogP contribution in [0, 0.1) is 22.7 Å². The molecule has 21 heavy (non-hydrogen) atoms. The van der Waals surface area contributed by atoms with Gasteiger partial charge in [-0.05, 0) is 37.4 Å². The molecule has 0 fully saturated rings. The van der Waals surface area contributed by atoms with Crippen LogP contribution in [0.15, 0.2) is 40.4 Å². The Kier molecular flexibility index (Phi) is 4.01. The van der Waals surface area contributed by atoms with Gasteiger partial charge in [0.1, 0.15) is 12.1 Å². The number of nitrogens with one attached hydrogen (secondary N) is 1. The van der Waals surface area contributed by atoms with Gasteiger partial charge >= 0.3 is 0 Å². The molecule has 0 amide bonds. The molecule has 0 aliphatic heterocycles. The summed E-state index contributed by atoms with van der Waals surface area (Å²) in [5.41, 5.74) is 2.79. The minimum atomic E-state index is -0.275. The second kappa shape index (κ2) is 5.89. The number of aromatic nitrogens is 1. The van der Waals surface area contributed by atoms with Crippen LogP contribution in [0.1, 0.15) is 19.9 Å². The quantitative estimate of drug-likeness (QED) is 0.689. The Labute approximate surface area is 121 Å². The number of rotatable bonds is 3. The fourth-order valence-electron chi connectivity index (χ4n) is 1.93. The van der Waals surface area contributed by atoms with Crippen LogP contribution in [0.25, 0.3) is 10.8 Å². The highest BCUT2D eigenvalue weighted by Gasteiger charge is 2.06. The van der Waals surface area contributed by atoms with Gasteiger partial charge in [0, 0.05) is 17.6 Å². The first-order valence-corrected chi connectivity index (χ1v) is 6.35. The van der Waals surface area contributed by atoms with Crippen molar-refractivity contribution in [2.75, 3.05) is 5.43 Å². The Morgan fingerprint density at radius 1 is 1.29 bits per heavy atom. The third kappa shape index (κ3) is 2.90. The molecule has 0 saturated heterocycles. The van der Waals surface area contributed by atoms with Gasteiger partial charge in [0.2, 0.25) is 5.71 Å². The van der Waals surface area contributed by atoms with E-state index in [1.807, 2.05) is 19.9 Å². The molecule has 0 spiro atoms. The predicted molar refractivity (Wildman–Crippen MR) is 80.9 cm³/mol. The van der Waals surface area contributed by atoms with Crippen LogP contribution in [0.4, 0.5) is 5.69 Å². The summed E-state index contributed by atoms with van der Waals surface area (Å²) in [6.45, 7) is 3.87. The largest absolute Gasteiger partial charge is 0.312 e. The second-order valence-corrected chi connectivity index (χ2v) is 4.72. The molecule has 104 valence electrons. The summed E-state index contributed by atoms with van der Waals surface area (Å²) in [6, 6.07) is 10.4. The van der Waals surface area contributed by atoms with E-state index < -0.39 is 0 Å². The van der Waals surface area contributed by atoms with Gasteiger partial charge in [-0.25, -0.2) is 0 Å². The monoisotopic (exact) mass is 279 g/mol. The van der Waals surface area contributed by atoms with Crippen LogP contribution >= 0.6 is 0 Å². The molecular formula is C15H13N5O. The van der Waals surface area contributed by atoms with E-state index in [4.69, 9.17) is 10.5 Å². The van der Waals surface area contributed by atoms with Gasteiger partial charge in [0.25, 0.3) is 5.56 Å².